The molecule has 0 radical (unpaired) electrons. The topological polar surface area (TPSA) is 266 Å². The molecule has 304 valence electrons. The maximum absolute atomic E-state index is 14.4. The molecule has 0 aromatic heterocycles. The van der Waals surface area contributed by atoms with Gasteiger partial charge in [0.05, 0.1) is 30.3 Å². The summed E-state index contributed by atoms with van der Waals surface area (Å²) in [6.45, 7) is 1.48. The molecule has 17 nitrogen and oxygen atoms in total. The van der Waals surface area contributed by atoms with Gasteiger partial charge in [0.25, 0.3) is 5.91 Å². The highest BCUT2D eigenvalue weighted by Crippen LogP contribution is 2.40. The minimum absolute atomic E-state index is 0.000512. The zero-order valence-electron chi connectivity index (χ0n) is 32.0. The van der Waals surface area contributed by atoms with E-state index in [9.17, 15) is 24.0 Å². The number of ether oxygens (including phenoxy) is 3. The van der Waals surface area contributed by atoms with Gasteiger partial charge in [-0.2, -0.15) is 5.26 Å². The first-order valence-electron chi connectivity index (χ1n) is 18.1. The molecule has 57 heavy (non-hydrogen) atoms. The molecule has 1 aliphatic rings. The Hall–Kier alpha value is -5.93. The normalized spacial score (nSPS) is 15.8. The van der Waals surface area contributed by atoms with Gasteiger partial charge in [-0.3, -0.25) is 24.0 Å². The lowest BCUT2D eigenvalue weighted by atomic mass is 9.93. The maximum atomic E-state index is 14.4. The van der Waals surface area contributed by atoms with Crippen molar-refractivity contribution in [1.82, 2.24) is 26.2 Å². The Labute approximate surface area is 335 Å². The Morgan fingerprint density at radius 2 is 1.67 bits per heavy atom. The third-order valence-electron chi connectivity index (χ3n) is 9.03. The number of carbonyl (C=O) groups is 5. The molecule has 3 atom stereocenters. The molecule has 0 saturated carbocycles. The highest BCUT2D eigenvalue weighted by molar-refractivity contribution is 6.34. The van der Waals surface area contributed by atoms with E-state index >= 15 is 0 Å². The van der Waals surface area contributed by atoms with Gasteiger partial charge in [0.1, 0.15) is 55.1 Å². The van der Waals surface area contributed by atoms with Crippen LogP contribution in [0.25, 0.3) is 11.1 Å². The van der Waals surface area contributed by atoms with Crippen molar-refractivity contribution in [2.45, 2.75) is 37.9 Å². The van der Waals surface area contributed by atoms with Crippen LogP contribution in [0.5, 0.6) is 17.2 Å². The highest BCUT2D eigenvalue weighted by atomic mass is 35.5. The van der Waals surface area contributed by atoms with Crippen LogP contribution in [0.3, 0.4) is 0 Å². The van der Waals surface area contributed by atoms with E-state index < -0.39 is 54.2 Å². The Morgan fingerprint density at radius 3 is 2.28 bits per heavy atom. The molecule has 0 saturated heterocycles. The van der Waals surface area contributed by atoms with Crippen LogP contribution in [0.2, 0.25) is 5.02 Å². The number of halogens is 1. The van der Waals surface area contributed by atoms with E-state index in [1.165, 1.54) is 20.2 Å². The number of rotatable bonds is 15. The fourth-order valence-corrected chi connectivity index (χ4v) is 6.68. The summed E-state index contributed by atoms with van der Waals surface area (Å²) < 4.78 is 17.3. The van der Waals surface area contributed by atoms with Crippen LogP contribution in [0.1, 0.15) is 39.5 Å². The first-order valence-corrected chi connectivity index (χ1v) is 18.5. The second-order valence-electron chi connectivity index (χ2n) is 13.0. The molecule has 3 aromatic rings. The van der Waals surface area contributed by atoms with Crippen molar-refractivity contribution in [1.29, 1.82) is 5.26 Å². The standard InChI is InChI=1S/C39H48ClN9O8/c1-22-16-25(55-3)20-28(40)34(22)37(52)48-29(8-9-41)39(54)49(2)35-24-5-7-32(57-15-12-44)27(19-24)26-17-23(4-6-31(26)56-14-11-43)18-30(36(51)45-13-10-42)47-33(50)21-46-38(35)53/h4-7,16-17,19-20,29-30,35H,8-9,11-15,18,21,41,43-44H2,1-3H3,(H,45,51)(H,46,53)(H,47,50)(H,48,52)/t29-,30-,35-/m0/s1. The van der Waals surface area contributed by atoms with Gasteiger partial charge in [0.15, 0.2) is 0 Å². The Kier molecular flexibility index (Phi) is 16.0. The molecule has 3 aromatic carbocycles. The molecule has 5 amide bonds. The Balaban J connectivity index is 1.86. The monoisotopic (exact) mass is 805 g/mol. The predicted octanol–water partition coefficient (Wildman–Crippen LogP) is 0.443. The van der Waals surface area contributed by atoms with Crippen LogP contribution in [0, 0.1) is 18.3 Å². The summed E-state index contributed by atoms with van der Waals surface area (Å²) in [6.07, 6.45) is 0.00859. The summed E-state index contributed by atoms with van der Waals surface area (Å²) in [5.74, 6) is -2.20. The van der Waals surface area contributed by atoms with Crippen molar-refractivity contribution in [3.63, 3.8) is 0 Å². The second-order valence-corrected chi connectivity index (χ2v) is 13.4. The average molecular weight is 806 g/mol. The minimum Gasteiger partial charge on any atom is -0.497 e. The van der Waals surface area contributed by atoms with Crippen LogP contribution in [-0.2, 0) is 25.6 Å². The smallest absolute Gasteiger partial charge is 0.253 e. The van der Waals surface area contributed by atoms with Crippen molar-refractivity contribution in [3.8, 4) is 34.4 Å². The summed E-state index contributed by atoms with van der Waals surface area (Å²) in [5.41, 5.74) is 20.0. The third-order valence-corrected chi connectivity index (χ3v) is 9.32. The molecular formula is C39H48ClN9O8. The van der Waals surface area contributed by atoms with E-state index in [1.54, 1.807) is 49.4 Å². The maximum Gasteiger partial charge on any atom is 0.253 e. The van der Waals surface area contributed by atoms with Gasteiger partial charge in [0, 0.05) is 37.7 Å². The summed E-state index contributed by atoms with van der Waals surface area (Å²) in [5, 5.41) is 19.6. The van der Waals surface area contributed by atoms with Crippen molar-refractivity contribution >= 4 is 41.1 Å². The molecule has 4 rings (SSSR count). The number of likely N-dealkylation sites (N-methyl/N-ethyl adjacent to an activating group) is 1. The van der Waals surface area contributed by atoms with Gasteiger partial charge < -0.3 is 57.6 Å². The summed E-state index contributed by atoms with van der Waals surface area (Å²) in [7, 11) is 2.86. The van der Waals surface area contributed by atoms with Crippen molar-refractivity contribution in [2.24, 2.45) is 17.2 Å². The molecule has 10 N–H and O–H groups in total. The second kappa shape index (κ2) is 20.8. The lowest BCUT2D eigenvalue weighted by Gasteiger charge is -2.32. The number of amides is 5. The SMILES string of the molecule is COc1cc(C)c(C(=O)N[C@@H](CCN)C(=O)N(C)[C@@H]2C(=O)NCC(=O)N[C@H](C(=O)NCC#N)Cc3ccc(OCCN)c(c3)-c3cc2ccc3OCCN)c(Cl)c1. The largest absolute Gasteiger partial charge is 0.497 e. The quantitative estimate of drug-likeness (QED) is 0.103. The van der Waals surface area contributed by atoms with E-state index in [1.807, 2.05) is 6.07 Å². The minimum atomic E-state index is -1.38. The predicted molar refractivity (Wildman–Crippen MR) is 211 cm³/mol. The van der Waals surface area contributed by atoms with Crippen LogP contribution in [0.15, 0.2) is 48.5 Å². The van der Waals surface area contributed by atoms with Crippen molar-refractivity contribution in [2.75, 3.05) is 60.1 Å². The third kappa shape index (κ3) is 11.1. The van der Waals surface area contributed by atoms with Gasteiger partial charge in [-0.05, 0) is 73.0 Å². The number of hydrogen-bond donors (Lipinski definition) is 7. The summed E-state index contributed by atoms with van der Waals surface area (Å²) >= 11 is 6.45. The van der Waals surface area contributed by atoms with E-state index in [0.29, 0.717) is 45.1 Å². The number of methoxy groups -OCH3 is 1. The number of nitrogens with one attached hydrogen (secondary N) is 4. The number of fused-ring (bicyclic) bond motifs is 5. The Morgan fingerprint density at radius 1 is 1.00 bits per heavy atom. The first-order chi connectivity index (χ1) is 27.4. The summed E-state index contributed by atoms with van der Waals surface area (Å²) in [4.78, 5) is 69.8. The van der Waals surface area contributed by atoms with Gasteiger partial charge in [-0.1, -0.05) is 23.7 Å². The fraction of sp³-hybridized carbons (Fsp3) is 0.385. The van der Waals surface area contributed by atoms with E-state index in [-0.39, 0.29) is 62.8 Å². The average Bonchev–Trinajstić information content (AvgIpc) is 3.19. The van der Waals surface area contributed by atoms with Crippen LogP contribution >= 0.6 is 11.6 Å². The Bertz CT molecular complexity index is 1980. The van der Waals surface area contributed by atoms with Gasteiger partial charge in [-0.15, -0.1) is 0 Å². The van der Waals surface area contributed by atoms with Crippen LogP contribution < -0.4 is 52.7 Å². The van der Waals surface area contributed by atoms with Crippen molar-refractivity contribution < 1.29 is 38.2 Å². The first kappa shape index (κ1) is 43.8. The molecule has 4 bridgehead atoms. The lowest BCUT2D eigenvalue weighted by Crippen LogP contribution is -2.53. The zero-order valence-corrected chi connectivity index (χ0v) is 32.7. The number of carbonyl (C=O) groups excluding carboxylic acids is 5. The number of nitriles is 1. The number of nitrogens with two attached hydrogens (primary N) is 3. The number of hydrogen-bond acceptors (Lipinski definition) is 12. The number of nitrogens with zero attached hydrogens (tertiary/aromatic N) is 2. The molecule has 1 aliphatic heterocycles. The molecule has 0 unspecified atom stereocenters. The lowest BCUT2D eigenvalue weighted by molar-refractivity contribution is -0.141. The van der Waals surface area contributed by atoms with Crippen molar-refractivity contribution in [3.05, 3.63) is 75.8 Å². The summed E-state index contributed by atoms with van der Waals surface area (Å²) in [6, 6.07) is 11.3. The molecule has 0 fully saturated rings. The van der Waals surface area contributed by atoms with E-state index in [2.05, 4.69) is 21.3 Å². The molecule has 0 spiro atoms. The molecular weight excluding hydrogens is 758 g/mol. The molecule has 18 heteroatoms. The van der Waals surface area contributed by atoms with E-state index in [0.717, 1.165) is 4.90 Å². The van der Waals surface area contributed by atoms with Crippen LogP contribution in [0.4, 0.5) is 0 Å². The zero-order chi connectivity index (χ0) is 41.6. The highest BCUT2D eigenvalue weighted by Gasteiger charge is 2.35. The van der Waals surface area contributed by atoms with Gasteiger partial charge in [0.2, 0.25) is 23.6 Å². The fourth-order valence-electron chi connectivity index (χ4n) is 6.33. The van der Waals surface area contributed by atoms with Crippen LogP contribution in [-0.4, -0.2) is 107 Å². The van der Waals surface area contributed by atoms with Gasteiger partial charge >= 0.3 is 0 Å². The van der Waals surface area contributed by atoms with Gasteiger partial charge in [-0.25, -0.2) is 0 Å². The van der Waals surface area contributed by atoms with E-state index in [4.69, 9.17) is 48.3 Å². The molecule has 1 heterocycles. The number of benzene rings is 3. The molecule has 0 aliphatic carbocycles. The number of aryl methyl sites for hydroxylation is 1.